The molecule has 0 aromatic heterocycles. The minimum absolute atomic E-state index is 0.0588. The third-order valence-electron chi connectivity index (χ3n) is 6.81. The van der Waals surface area contributed by atoms with Crippen molar-refractivity contribution in [2.45, 2.75) is 37.2 Å². The Morgan fingerprint density at radius 1 is 0.973 bits per heavy atom. The summed E-state index contributed by atoms with van der Waals surface area (Å²) in [5, 5.41) is 0.852. The van der Waals surface area contributed by atoms with Crippen molar-refractivity contribution >= 4 is 38.7 Å². The number of nitrogens with one attached hydrogen (secondary N) is 1. The monoisotopic (exact) mass is 521 g/mol. The Balaban J connectivity index is 1.39. The zero-order chi connectivity index (χ0) is 26.2. The van der Waals surface area contributed by atoms with Crippen LogP contribution in [-0.2, 0) is 21.3 Å². The van der Waals surface area contributed by atoms with Crippen LogP contribution in [0.25, 0.3) is 10.8 Å². The number of hydrogen-bond acceptors (Lipinski definition) is 6. The highest BCUT2D eigenvalue weighted by Crippen LogP contribution is 2.30. The van der Waals surface area contributed by atoms with Gasteiger partial charge in [0.2, 0.25) is 10.0 Å². The number of sulfonamides is 1. The Morgan fingerprint density at radius 3 is 2.41 bits per heavy atom. The molecule has 5 rings (SSSR count). The number of rotatable bonds is 5. The number of carbonyl (C=O) groups excluding carboxylic acids is 3. The predicted octanol–water partition coefficient (Wildman–Crippen LogP) is 3.54. The molecular formula is C27H27N3O6S. The molecule has 0 aliphatic carbocycles. The fourth-order valence-corrected chi connectivity index (χ4v) is 6.47. The maximum absolute atomic E-state index is 13.4. The molecule has 3 amide bonds. The zero-order valence-corrected chi connectivity index (χ0v) is 21.2. The van der Waals surface area contributed by atoms with Crippen molar-refractivity contribution in [1.29, 1.82) is 0 Å². The summed E-state index contributed by atoms with van der Waals surface area (Å²) in [6.07, 6.45) is 0.531. The smallest absolute Gasteiger partial charge is 0.409 e. The van der Waals surface area contributed by atoms with Gasteiger partial charge in [-0.1, -0.05) is 42.5 Å². The minimum Gasteiger partial charge on any atom is -0.450 e. The van der Waals surface area contributed by atoms with Crippen molar-refractivity contribution in [3.63, 3.8) is 0 Å². The van der Waals surface area contributed by atoms with E-state index in [9.17, 15) is 22.8 Å². The normalized spacial score (nSPS) is 16.2. The van der Waals surface area contributed by atoms with E-state index in [1.54, 1.807) is 54.3 Å². The lowest BCUT2D eigenvalue weighted by Gasteiger charge is -2.31. The number of likely N-dealkylation sites (tertiary alicyclic amines) is 1. The van der Waals surface area contributed by atoms with E-state index >= 15 is 0 Å². The van der Waals surface area contributed by atoms with Crippen LogP contribution in [0.15, 0.2) is 65.6 Å². The van der Waals surface area contributed by atoms with Gasteiger partial charge < -0.3 is 9.64 Å². The van der Waals surface area contributed by atoms with Crippen molar-refractivity contribution in [1.82, 2.24) is 14.5 Å². The first kappa shape index (κ1) is 24.9. The Bertz CT molecular complexity index is 1500. The van der Waals surface area contributed by atoms with Crippen LogP contribution in [0.5, 0.6) is 0 Å². The number of carbonyl (C=O) groups is 3. The van der Waals surface area contributed by atoms with Crippen LogP contribution < -0.4 is 4.72 Å². The number of fused-ring (bicyclic) bond motifs is 2. The van der Waals surface area contributed by atoms with Gasteiger partial charge in [-0.25, -0.2) is 17.9 Å². The first-order valence-electron chi connectivity index (χ1n) is 12.2. The van der Waals surface area contributed by atoms with Gasteiger partial charge in [-0.15, -0.1) is 0 Å². The lowest BCUT2D eigenvalue weighted by atomic mass is 10.0. The van der Waals surface area contributed by atoms with Gasteiger partial charge in [-0.05, 0) is 48.9 Å². The molecule has 0 unspecified atom stereocenters. The molecule has 2 aliphatic heterocycles. The second-order valence-electron chi connectivity index (χ2n) is 9.09. The van der Waals surface area contributed by atoms with Crippen LogP contribution in [-0.4, -0.2) is 61.9 Å². The molecule has 0 bridgehead atoms. The molecule has 192 valence electrons. The molecule has 0 radical (unpaired) electrons. The number of nitrogens with zero attached hydrogens (tertiary/aromatic N) is 2. The van der Waals surface area contributed by atoms with Gasteiger partial charge in [-0.3, -0.25) is 14.5 Å². The van der Waals surface area contributed by atoms with Crippen molar-refractivity contribution in [2.75, 3.05) is 19.7 Å². The second kappa shape index (κ2) is 9.95. The number of benzene rings is 3. The van der Waals surface area contributed by atoms with Crippen LogP contribution in [0, 0.1) is 0 Å². The van der Waals surface area contributed by atoms with E-state index in [-0.39, 0.29) is 35.6 Å². The first-order chi connectivity index (χ1) is 17.8. The van der Waals surface area contributed by atoms with Gasteiger partial charge in [-0.2, -0.15) is 0 Å². The molecule has 10 heteroatoms. The summed E-state index contributed by atoms with van der Waals surface area (Å²) in [4.78, 5) is 41.1. The summed E-state index contributed by atoms with van der Waals surface area (Å²) < 4.78 is 34.6. The van der Waals surface area contributed by atoms with Crippen LogP contribution in [0.1, 0.15) is 46.0 Å². The van der Waals surface area contributed by atoms with E-state index in [4.69, 9.17) is 4.74 Å². The molecule has 2 heterocycles. The van der Waals surface area contributed by atoms with E-state index in [1.807, 2.05) is 12.1 Å². The van der Waals surface area contributed by atoms with Gasteiger partial charge >= 0.3 is 6.09 Å². The lowest BCUT2D eigenvalue weighted by Crippen LogP contribution is -2.46. The number of ether oxygens (including phenoxy) is 1. The van der Waals surface area contributed by atoms with E-state index < -0.39 is 22.0 Å². The van der Waals surface area contributed by atoms with E-state index in [1.165, 1.54) is 11.0 Å². The van der Waals surface area contributed by atoms with Gasteiger partial charge in [0, 0.05) is 35.6 Å². The number of imide groups is 1. The summed E-state index contributed by atoms with van der Waals surface area (Å²) in [6.45, 7) is 2.99. The van der Waals surface area contributed by atoms with Crippen LogP contribution in [0.3, 0.4) is 0 Å². The topological polar surface area (TPSA) is 113 Å². The number of amides is 3. The molecule has 0 saturated carbocycles. The van der Waals surface area contributed by atoms with Crippen molar-refractivity contribution in [3.8, 4) is 0 Å². The third kappa shape index (κ3) is 4.70. The molecule has 1 saturated heterocycles. The Labute approximate surface area is 215 Å². The average molecular weight is 522 g/mol. The summed E-state index contributed by atoms with van der Waals surface area (Å²) in [5.41, 5.74) is 1.54. The number of piperidine rings is 1. The second-order valence-corrected chi connectivity index (χ2v) is 10.8. The van der Waals surface area contributed by atoms with Crippen LogP contribution in [0.4, 0.5) is 4.79 Å². The van der Waals surface area contributed by atoms with E-state index in [2.05, 4.69) is 4.72 Å². The van der Waals surface area contributed by atoms with Crippen LogP contribution >= 0.6 is 0 Å². The molecule has 9 nitrogen and oxygen atoms in total. The SMILES string of the molecule is CCOC(=O)N1CCC(NS(=O)(=O)c2cccc3c(C(=O)N4Cc5ccccc5C4=O)cccc23)CC1. The summed E-state index contributed by atoms with van der Waals surface area (Å²) >= 11 is 0. The largest absolute Gasteiger partial charge is 0.450 e. The zero-order valence-electron chi connectivity index (χ0n) is 20.3. The Hall–Kier alpha value is -3.76. The maximum atomic E-state index is 13.4. The number of hydrogen-bond donors (Lipinski definition) is 1. The third-order valence-corrected chi connectivity index (χ3v) is 8.39. The molecule has 3 aromatic carbocycles. The van der Waals surface area contributed by atoms with Crippen LogP contribution in [0.2, 0.25) is 0 Å². The molecule has 3 aromatic rings. The molecule has 1 N–H and O–H groups in total. The molecule has 0 spiro atoms. The van der Waals surface area contributed by atoms with Gasteiger partial charge in [0.1, 0.15) is 0 Å². The van der Waals surface area contributed by atoms with Crippen molar-refractivity contribution in [2.24, 2.45) is 0 Å². The van der Waals surface area contributed by atoms with E-state index in [0.29, 0.717) is 42.3 Å². The molecular weight excluding hydrogens is 494 g/mol. The van der Waals surface area contributed by atoms with Gasteiger partial charge in [0.25, 0.3) is 11.8 Å². The standard InChI is InChI=1S/C27H27N3O6S/c1-2-36-27(33)29-15-13-19(14-16-29)28-37(34,35)24-12-6-9-21-22(24)10-5-11-23(21)26(32)30-17-18-7-3-4-8-20(18)25(30)31/h3-12,19,28H,2,13-17H2,1H3. The summed E-state index contributed by atoms with van der Waals surface area (Å²) in [7, 11) is -3.93. The quantitative estimate of drug-likeness (QED) is 0.514. The maximum Gasteiger partial charge on any atom is 0.409 e. The first-order valence-corrected chi connectivity index (χ1v) is 13.7. The fraction of sp³-hybridized carbons (Fsp3) is 0.296. The van der Waals surface area contributed by atoms with Gasteiger partial charge in [0.05, 0.1) is 18.0 Å². The Morgan fingerprint density at radius 2 is 1.68 bits per heavy atom. The minimum atomic E-state index is -3.93. The molecule has 1 fully saturated rings. The van der Waals surface area contributed by atoms with Crippen molar-refractivity contribution in [3.05, 3.63) is 77.4 Å². The lowest BCUT2D eigenvalue weighted by molar-refractivity contribution is 0.0632. The van der Waals surface area contributed by atoms with E-state index in [0.717, 1.165) is 5.56 Å². The highest BCUT2D eigenvalue weighted by molar-refractivity contribution is 7.89. The Kier molecular flexibility index (Phi) is 6.70. The fourth-order valence-electron chi connectivity index (χ4n) is 4.94. The highest BCUT2D eigenvalue weighted by Gasteiger charge is 2.33. The van der Waals surface area contributed by atoms with Crippen molar-refractivity contribution < 1.29 is 27.5 Å². The van der Waals surface area contributed by atoms with Gasteiger partial charge in [0.15, 0.2) is 0 Å². The molecule has 2 aliphatic rings. The average Bonchev–Trinajstić information content (AvgIpc) is 3.24. The summed E-state index contributed by atoms with van der Waals surface area (Å²) in [5.74, 6) is -0.835. The summed E-state index contributed by atoms with van der Waals surface area (Å²) in [6, 6.07) is 16.4. The highest BCUT2D eigenvalue weighted by atomic mass is 32.2. The molecule has 37 heavy (non-hydrogen) atoms. The predicted molar refractivity (Wildman–Crippen MR) is 137 cm³/mol. The molecule has 0 atom stereocenters.